The van der Waals surface area contributed by atoms with Gasteiger partial charge in [-0.05, 0) is 30.9 Å². The summed E-state index contributed by atoms with van der Waals surface area (Å²) in [6.07, 6.45) is 7.71. The number of hydrogen-bond acceptors (Lipinski definition) is 4. The maximum absolute atomic E-state index is 5.47. The van der Waals surface area contributed by atoms with Crippen molar-refractivity contribution < 1.29 is 9.15 Å². The summed E-state index contributed by atoms with van der Waals surface area (Å²) in [6, 6.07) is 4.15. The third-order valence-electron chi connectivity index (χ3n) is 3.95. The summed E-state index contributed by atoms with van der Waals surface area (Å²) in [5.74, 6) is 2.60. The summed E-state index contributed by atoms with van der Waals surface area (Å²) in [6.45, 7) is 2.41. The van der Waals surface area contributed by atoms with E-state index in [1.54, 1.807) is 6.26 Å². The van der Waals surface area contributed by atoms with Crippen LogP contribution < -0.4 is 5.32 Å². The Bertz CT molecular complexity index is 515. The summed E-state index contributed by atoms with van der Waals surface area (Å²) < 4.78 is 13.0. The average Bonchev–Trinajstić information content (AvgIpc) is 3.13. The fraction of sp³-hybridized carbons (Fsp3) is 0.533. The molecule has 1 fully saturated rings. The van der Waals surface area contributed by atoms with Crippen LogP contribution in [-0.2, 0) is 18.3 Å². The predicted octanol–water partition coefficient (Wildman–Crippen LogP) is 2.27. The Hall–Kier alpha value is -1.59. The second-order valence-electron chi connectivity index (χ2n) is 5.28. The quantitative estimate of drug-likeness (QED) is 0.909. The van der Waals surface area contributed by atoms with E-state index < -0.39 is 0 Å². The lowest BCUT2D eigenvalue weighted by molar-refractivity contribution is 0.0515. The average molecular weight is 275 g/mol. The molecule has 3 heterocycles. The van der Waals surface area contributed by atoms with Crippen molar-refractivity contribution in [2.75, 3.05) is 13.2 Å². The Labute approximate surface area is 118 Å². The first-order valence-electron chi connectivity index (χ1n) is 7.15. The minimum atomic E-state index is 0.240. The van der Waals surface area contributed by atoms with E-state index in [4.69, 9.17) is 9.15 Å². The molecule has 1 aliphatic rings. The highest BCUT2D eigenvalue weighted by molar-refractivity contribution is 5.04. The van der Waals surface area contributed by atoms with Crippen LogP contribution in [0.5, 0.6) is 0 Å². The Kier molecular flexibility index (Phi) is 4.18. The summed E-state index contributed by atoms with van der Waals surface area (Å²) in [7, 11) is 2.04. The third-order valence-corrected chi connectivity index (χ3v) is 3.95. The number of imidazole rings is 1. The van der Waals surface area contributed by atoms with Gasteiger partial charge in [0.1, 0.15) is 11.6 Å². The molecule has 5 heteroatoms. The number of furan rings is 1. The molecule has 0 spiro atoms. The molecule has 0 amide bonds. The predicted molar refractivity (Wildman–Crippen MR) is 75.0 cm³/mol. The molecular weight excluding hydrogens is 254 g/mol. The van der Waals surface area contributed by atoms with Gasteiger partial charge >= 0.3 is 0 Å². The van der Waals surface area contributed by atoms with Crippen LogP contribution in [0.1, 0.15) is 30.5 Å². The standard InChI is InChI=1S/C15H21N3O2/c1-18-7-6-16-15(18)14(12-4-9-19-10-5-12)17-11-13-3-2-8-20-13/h2-3,6-8,12,14,17H,4-5,9-11H2,1H3/t14-/m0/s1. The van der Waals surface area contributed by atoms with Crippen molar-refractivity contribution in [1.29, 1.82) is 0 Å². The highest BCUT2D eigenvalue weighted by Crippen LogP contribution is 2.29. The Morgan fingerprint density at radius 1 is 1.45 bits per heavy atom. The topological polar surface area (TPSA) is 52.2 Å². The van der Waals surface area contributed by atoms with Crippen LogP contribution in [0.15, 0.2) is 35.2 Å². The van der Waals surface area contributed by atoms with Crippen LogP contribution >= 0.6 is 0 Å². The monoisotopic (exact) mass is 275 g/mol. The normalized spacial score (nSPS) is 18.2. The van der Waals surface area contributed by atoms with E-state index in [2.05, 4.69) is 14.9 Å². The minimum absolute atomic E-state index is 0.240. The Morgan fingerprint density at radius 2 is 2.30 bits per heavy atom. The van der Waals surface area contributed by atoms with E-state index in [0.717, 1.165) is 44.2 Å². The number of nitrogens with zero attached hydrogens (tertiary/aromatic N) is 2. The number of rotatable bonds is 5. The second-order valence-corrected chi connectivity index (χ2v) is 5.28. The molecule has 0 bridgehead atoms. The molecule has 20 heavy (non-hydrogen) atoms. The molecule has 1 aliphatic heterocycles. The van der Waals surface area contributed by atoms with Crippen molar-refractivity contribution in [2.45, 2.75) is 25.4 Å². The van der Waals surface area contributed by atoms with Crippen molar-refractivity contribution in [1.82, 2.24) is 14.9 Å². The zero-order valence-electron chi connectivity index (χ0n) is 11.8. The van der Waals surface area contributed by atoms with Crippen LogP contribution in [0.25, 0.3) is 0 Å². The van der Waals surface area contributed by atoms with Crippen LogP contribution in [0.3, 0.4) is 0 Å². The number of aryl methyl sites for hydroxylation is 1. The van der Waals surface area contributed by atoms with E-state index >= 15 is 0 Å². The molecule has 0 radical (unpaired) electrons. The van der Waals surface area contributed by atoms with E-state index in [0.29, 0.717) is 5.92 Å². The largest absolute Gasteiger partial charge is 0.468 e. The fourth-order valence-corrected chi connectivity index (χ4v) is 2.82. The van der Waals surface area contributed by atoms with Gasteiger partial charge in [-0.25, -0.2) is 4.98 Å². The van der Waals surface area contributed by atoms with Gasteiger partial charge in [0.25, 0.3) is 0 Å². The van der Waals surface area contributed by atoms with Gasteiger partial charge in [-0.1, -0.05) is 0 Å². The molecule has 2 aromatic heterocycles. The van der Waals surface area contributed by atoms with Crippen molar-refractivity contribution in [3.05, 3.63) is 42.4 Å². The van der Waals surface area contributed by atoms with Gasteiger partial charge in [-0.2, -0.15) is 0 Å². The van der Waals surface area contributed by atoms with Gasteiger partial charge < -0.3 is 19.0 Å². The molecule has 1 N–H and O–H groups in total. The summed E-state index contributed by atoms with van der Waals surface area (Å²) in [5, 5.41) is 3.60. The molecule has 0 saturated carbocycles. The lowest BCUT2D eigenvalue weighted by atomic mass is 9.91. The molecule has 5 nitrogen and oxygen atoms in total. The van der Waals surface area contributed by atoms with E-state index in [9.17, 15) is 0 Å². The van der Waals surface area contributed by atoms with Gasteiger partial charge in [-0.15, -0.1) is 0 Å². The lowest BCUT2D eigenvalue weighted by Crippen LogP contribution is -2.33. The van der Waals surface area contributed by atoms with Crippen LogP contribution in [0.2, 0.25) is 0 Å². The smallest absolute Gasteiger partial charge is 0.125 e. The molecule has 1 saturated heterocycles. The van der Waals surface area contributed by atoms with Crippen molar-refractivity contribution in [3.8, 4) is 0 Å². The lowest BCUT2D eigenvalue weighted by Gasteiger charge is -2.30. The number of hydrogen-bond donors (Lipinski definition) is 1. The Morgan fingerprint density at radius 3 is 2.95 bits per heavy atom. The van der Waals surface area contributed by atoms with E-state index in [-0.39, 0.29) is 6.04 Å². The maximum Gasteiger partial charge on any atom is 0.125 e. The van der Waals surface area contributed by atoms with Gasteiger partial charge in [-0.3, -0.25) is 0 Å². The molecule has 3 rings (SSSR count). The highest BCUT2D eigenvalue weighted by Gasteiger charge is 2.27. The molecule has 2 aromatic rings. The zero-order chi connectivity index (χ0) is 13.8. The third kappa shape index (κ3) is 2.94. The second kappa shape index (κ2) is 6.24. The first kappa shape index (κ1) is 13.4. The summed E-state index contributed by atoms with van der Waals surface area (Å²) >= 11 is 0. The van der Waals surface area contributed by atoms with Gasteiger partial charge in [0.15, 0.2) is 0 Å². The fourth-order valence-electron chi connectivity index (χ4n) is 2.82. The SMILES string of the molecule is Cn1ccnc1[C@@H](NCc1ccco1)C1CCOCC1. The van der Waals surface area contributed by atoms with Gasteiger partial charge in [0.05, 0.1) is 18.8 Å². The van der Waals surface area contributed by atoms with Gasteiger partial charge in [0, 0.05) is 32.7 Å². The molecule has 0 aliphatic carbocycles. The summed E-state index contributed by atoms with van der Waals surface area (Å²) in [5.41, 5.74) is 0. The number of nitrogens with one attached hydrogen (secondary N) is 1. The Balaban J connectivity index is 1.74. The minimum Gasteiger partial charge on any atom is -0.468 e. The molecule has 0 aromatic carbocycles. The van der Waals surface area contributed by atoms with Crippen LogP contribution in [-0.4, -0.2) is 22.8 Å². The van der Waals surface area contributed by atoms with Crippen molar-refractivity contribution >= 4 is 0 Å². The first-order chi connectivity index (χ1) is 9.84. The zero-order valence-corrected chi connectivity index (χ0v) is 11.8. The van der Waals surface area contributed by atoms with Crippen LogP contribution in [0.4, 0.5) is 0 Å². The van der Waals surface area contributed by atoms with E-state index in [1.165, 1.54) is 0 Å². The maximum atomic E-state index is 5.47. The van der Waals surface area contributed by atoms with E-state index in [1.807, 2.05) is 31.6 Å². The van der Waals surface area contributed by atoms with Crippen LogP contribution in [0, 0.1) is 5.92 Å². The molecule has 108 valence electrons. The highest BCUT2D eigenvalue weighted by atomic mass is 16.5. The van der Waals surface area contributed by atoms with Crippen molar-refractivity contribution in [2.24, 2.45) is 13.0 Å². The van der Waals surface area contributed by atoms with Crippen molar-refractivity contribution in [3.63, 3.8) is 0 Å². The summed E-state index contributed by atoms with van der Waals surface area (Å²) in [4.78, 5) is 4.52. The first-order valence-corrected chi connectivity index (χ1v) is 7.15. The number of aromatic nitrogens is 2. The molecule has 1 atom stereocenters. The molecular formula is C15H21N3O2. The number of ether oxygens (including phenoxy) is 1. The van der Waals surface area contributed by atoms with Gasteiger partial charge in [0.2, 0.25) is 0 Å². The molecule has 0 unspecified atom stereocenters.